The van der Waals surface area contributed by atoms with Crippen molar-refractivity contribution in [1.82, 2.24) is 20.0 Å². The van der Waals surface area contributed by atoms with E-state index < -0.39 is 6.43 Å². The number of morpholine rings is 1. The van der Waals surface area contributed by atoms with E-state index in [4.69, 9.17) is 4.74 Å². The van der Waals surface area contributed by atoms with E-state index in [1.807, 2.05) is 0 Å². The van der Waals surface area contributed by atoms with Crippen LogP contribution in [0.4, 0.5) is 8.78 Å². The monoisotopic (exact) mass is 328 g/mol. The number of amides is 1. The lowest BCUT2D eigenvalue weighted by atomic mass is 10.0. The van der Waals surface area contributed by atoms with E-state index in [9.17, 15) is 13.6 Å². The number of piperidine rings is 1. The van der Waals surface area contributed by atoms with Crippen molar-refractivity contribution < 1.29 is 18.3 Å². The maximum absolute atomic E-state index is 12.7. The molecule has 0 aliphatic carbocycles. The Balaban J connectivity index is 1.67. The molecule has 1 amide bonds. The van der Waals surface area contributed by atoms with Crippen LogP contribution in [0.3, 0.4) is 0 Å². The summed E-state index contributed by atoms with van der Waals surface area (Å²) in [6.07, 6.45) is 0.323. The fraction of sp³-hybridized carbons (Fsp3) is 0.733. The molecule has 0 bridgehead atoms. The number of ether oxygens (including phenoxy) is 1. The largest absolute Gasteiger partial charge is 0.379 e. The smallest absolute Gasteiger partial charge is 0.279 e. The van der Waals surface area contributed by atoms with Crippen molar-refractivity contribution in [3.8, 4) is 0 Å². The number of likely N-dealkylation sites (tertiary alicyclic amines) is 1. The number of nitrogens with one attached hydrogen (secondary N) is 1. The number of carbonyl (C=O) groups is 1. The highest BCUT2D eigenvalue weighted by Crippen LogP contribution is 2.22. The standard InChI is InChI=1S/C15H22F2N4O2/c16-14(17)12-9-13(19-18-12)15(22)21-4-2-1-3-11(21)10-20-5-7-23-8-6-20/h9,11,14H,1-8,10H2,(H,18,19). The molecule has 23 heavy (non-hydrogen) atoms. The summed E-state index contributed by atoms with van der Waals surface area (Å²) < 4.78 is 30.7. The maximum Gasteiger partial charge on any atom is 0.279 e. The number of carbonyl (C=O) groups excluding carboxylic acids is 1. The number of alkyl halides is 2. The molecule has 3 heterocycles. The first-order valence-electron chi connectivity index (χ1n) is 8.09. The number of H-pyrrole nitrogens is 1. The molecular formula is C15H22F2N4O2. The van der Waals surface area contributed by atoms with Crippen LogP contribution in [-0.2, 0) is 4.74 Å². The van der Waals surface area contributed by atoms with Gasteiger partial charge >= 0.3 is 0 Å². The molecule has 128 valence electrons. The van der Waals surface area contributed by atoms with Gasteiger partial charge in [0.05, 0.1) is 13.2 Å². The van der Waals surface area contributed by atoms with Crippen LogP contribution in [0.25, 0.3) is 0 Å². The van der Waals surface area contributed by atoms with Crippen LogP contribution in [0.2, 0.25) is 0 Å². The van der Waals surface area contributed by atoms with Crippen LogP contribution in [0.5, 0.6) is 0 Å². The third-order valence-corrected chi connectivity index (χ3v) is 4.51. The van der Waals surface area contributed by atoms with Crippen molar-refractivity contribution in [2.45, 2.75) is 31.7 Å². The Morgan fingerprint density at radius 2 is 2.13 bits per heavy atom. The molecule has 3 rings (SSSR count). The molecule has 0 aromatic carbocycles. The minimum Gasteiger partial charge on any atom is -0.379 e. The van der Waals surface area contributed by atoms with Gasteiger partial charge in [0.25, 0.3) is 12.3 Å². The fourth-order valence-electron chi connectivity index (χ4n) is 3.24. The fourth-order valence-corrected chi connectivity index (χ4v) is 3.24. The number of hydrogen-bond donors (Lipinski definition) is 1. The lowest BCUT2D eigenvalue weighted by Crippen LogP contribution is -2.51. The Bertz CT molecular complexity index is 531. The van der Waals surface area contributed by atoms with Crippen molar-refractivity contribution in [1.29, 1.82) is 0 Å². The molecule has 1 aromatic heterocycles. The van der Waals surface area contributed by atoms with E-state index in [0.29, 0.717) is 6.54 Å². The van der Waals surface area contributed by atoms with Gasteiger partial charge < -0.3 is 9.64 Å². The number of aromatic amines is 1. The van der Waals surface area contributed by atoms with E-state index in [1.165, 1.54) is 0 Å². The molecule has 1 aromatic rings. The summed E-state index contributed by atoms with van der Waals surface area (Å²) in [5.74, 6) is -0.258. The Kier molecular flexibility index (Phi) is 5.22. The summed E-state index contributed by atoms with van der Waals surface area (Å²) in [6.45, 7) is 4.65. The van der Waals surface area contributed by atoms with E-state index in [2.05, 4.69) is 15.1 Å². The van der Waals surface area contributed by atoms with Gasteiger partial charge in [-0.15, -0.1) is 0 Å². The topological polar surface area (TPSA) is 61.5 Å². The van der Waals surface area contributed by atoms with Crippen molar-refractivity contribution in [3.05, 3.63) is 17.5 Å². The number of hydrogen-bond acceptors (Lipinski definition) is 4. The third-order valence-electron chi connectivity index (χ3n) is 4.51. The molecule has 8 heteroatoms. The second kappa shape index (κ2) is 7.35. The minimum atomic E-state index is -2.64. The second-order valence-electron chi connectivity index (χ2n) is 6.07. The predicted octanol–water partition coefficient (Wildman–Crippen LogP) is 1.67. The lowest BCUT2D eigenvalue weighted by Gasteiger charge is -2.39. The first kappa shape index (κ1) is 16.3. The average molecular weight is 328 g/mol. The molecule has 2 fully saturated rings. The van der Waals surface area contributed by atoms with Gasteiger partial charge in [0.2, 0.25) is 0 Å². The highest BCUT2D eigenvalue weighted by Gasteiger charge is 2.31. The molecule has 2 aliphatic rings. The summed E-state index contributed by atoms with van der Waals surface area (Å²) in [4.78, 5) is 16.7. The molecule has 2 saturated heterocycles. The van der Waals surface area contributed by atoms with Crippen LogP contribution in [-0.4, -0.2) is 71.3 Å². The number of aromatic nitrogens is 2. The van der Waals surface area contributed by atoms with Gasteiger partial charge in [0, 0.05) is 32.2 Å². The van der Waals surface area contributed by atoms with Gasteiger partial charge in [-0.05, 0) is 25.3 Å². The molecule has 1 unspecified atom stereocenters. The van der Waals surface area contributed by atoms with Crippen LogP contribution >= 0.6 is 0 Å². The van der Waals surface area contributed by atoms with Crippen LogP contribution in [0, 0.1) is 0 Å². The van der Waals surface area contributed by atoms with Gasteiger partial charge in [-0.1, -0.05) is 0 Å². The normalized spacial score (nSPS) is 23.4. The molecule has 1 N–H and O–H groups in total. The van der Waals surface area contributed by atoms with Gasteiger partial charge in [-0.25, -0.2) is 8.78 Å². The summed E-state index contributed by atoms with van der Waals surface area (Å²) >= 11 is 0. The first-order chi connectivity index (χ1) is 11.1. The summed E-state index contributed by atoms with van der Waals surface area (Å²) in [7, 11) is 0. The molecule has 0 radical (unpaired) electrons. The van der Waals surface area contributed by atoms with Gasteiger partial charge in [-0.2, -0.15) is 5.10 Å². The zero-order valence-electron chi connectivity index (χ0n) is 13.0. The molecule has 0 saturated carbocycles. The Morgan fingerprint density at radius 1 is 1.35 bits per heavy atom. The number of halogens is 2. The van der Waals surface area contributed by atoms with Gasteiger partial charge in [0.15, 0.2) is 5.69 Å². The second-order valence-corrected chi connectivity index (χ2v) is 6.07. The lowest BCUT2D eigenvalue weighted by molar-refractivity contribution is 0.0164. The maximum atomic E-state index is 12.7. The summed E-state index contributed by atoms with van der Waals surface area (Å²) in [5, 5.41) is 6.01. The van der Waals surface area contributed by atoms with E-state index >= 15 is 0 Å². The van der Waals surface area contributed by atoms with Crippen LogP contribution in [0.15, 0.2) is 6.07 Å². The minimum absolute atomic E-state index is 0.0779. The Labute approximate surface area is 133 Å². The van der Waals surface area contributed by atoms with Gasteiger partial charge in [0.1, 0.15) is 5.69 Å². The zero-order chi connectivity index (χ0) is 16.2. The average Bonchev–Trinajstić information content (AvgIpc) is 3.06. The highest BCUT2D eigenvalue weighted by molar-refractivity contribution is 5.92. The highest BCUT2D eigenvalue weighted by atomic mass is 19.3. The van der Waals surface area contributed by atoms with Crippen LogP contribution in [0.1, 0.15) is 41.9 Å². The van der Waals surface area contributed by atoms with Crippen LogP contribution < -0.4 is 0 Å². The predicted molar refractivity (Wildman–Crippen MR) is 79.5 cm³/mol. The zero-order valence-corrected chi connectivity index (χ0v) is 13.0. The molecule has 0 spiro atoms. The van der Waals surface area contributed by atoms with E-state index in [1.54, 1.807) is 4.90 Å². The number of rotatable bonds is 4. The molecular weight excluding hydrogens is 306 g/mol. The van der Waals surface area contributed by atoms with E-state index in [0.717, 1.165) is 58.2 Å². The third kappa shape index (κ3) is 3.87. The summed E-state index contributed by atoms with van der Waals surface area (Å²) in [5.41, 5.74) is -0.232. The molecule has 6 nitrogen and oxygen atoms in total. The molecule has 2 aliphatic heterocycles. The SMILES string of the molecule is O=C(c1cc(C(F)F)[nH]n1)N1CCCCC1CN1CCOCC1. The van der Waals surface area contributed by atoms with Gasteiger partial charge in [-0.3, -0.25) is 14.8 Å². The van der Waals surface area contributed by atoms with E-state index in [-0.39, 0.29) is 23.3 Å². The molecule has 1 atom stereocenters. The van der Waals surface area contributed by atoms with Crippen molar-refractivity contribution in [2.24, 2.45) is 0 Å². The summed E-state index contributed by atoms with van der Waals surface area (Å²) in [6, 6.07) is 1.27. The van der Waals surface area contributed by atoms with Crippen molar-refractivity contribution >= 4 is 5.91 Å². The van der Waals surface area contributed by atoms with Crippen molar-refractivity contribution in [2.75, 3.05) is 39.4 Å². The first-order valence-corrected chi connectivity index (χ1v) is 8.09. The quantitative estimate of drug-likeness (QED) is 0.913. The Hall–Kier alpha value is -1.54. The number of nitrogens with zero attached hydrogens (tertiary/aromatic N) is 3. The Morgan fingerprint density at radius 3 is 2.83 bits per heavy atom. The van der Waals surface area contributed by atoms with Crippen molar-refractivity contribution in [3.63, 3.8) is 0 Å².